The van der Waals surface area contributed by atoms with E-state index in [4.69, 9.17) is 9.47 Å². The topological polar surface area (TPSA) is 54.9 Å². The number of methoxy groups -OCH3 is 1. The lowest BCUT2D eigenvalue weighted by Crippen LogP contribution is -2.52. The van der Waals surface area contributed by atoms with Gasteiger partial charge < -0.3 is 20.1 Å². The number of ether oxygens (including phenoxy) is 2. The average Bonchev–Trinajstić information content (AvgIpc) is 2.56. The third-order valence-corrected chi connectivity index (χ3v) is 4.51. The molecule has 6 heteroatoms. The van der Waals surface area contributed by atoms with Crippen molar-refractivity contribution in [1.29, 1.82) is 0 Å². The minimum atomic E-state index is -0.125. The van der Waals surface area contributed by atoms with Crippen molar-refractivity contribution in [1.82, 2.24) is 10.6 Å². The summed E-state index contributed by atoms with van der Waals surface area (Å²) in [5.41, 5.74) is -0.125. The van der Waals surface area contributed by atoms with Crippen molar-refractivity contribution in [2.45, 2.75) is 70.4 Å². The fourth-order valence-electron chi connectivity index (χ4n) is 2.82. The third-order valence-electron chi connectivity index (χ3n) is 4.51. The van der Waals surface area contributed by atoms with Gasteiger partial charge in [0.05, 0.1) is 5.60 Å². The van der Waals surface area contributed by atoms with E-state index in [1.807, 2.05) is 7.05 Å². The Balaban J connectivity index is 0.00000484. The first kappa shape index (κ1) is 22.9. The maximum Gasteiger partial charge on any atom is 0.191 e. The molecule has 0 radical (unpaired) electrons. The zero-order valence-electron chi connectivity index (χ0n) is 15.3. The fraction of sp³-hybridized carbons (Fsp3) is 0.941. The molecule has 0 amide bonds. The quantitative estimate of drug-likeness (QED) is 0.250. The van der Waals surface area contributed by atoms with Crippen molar-refractivity contribution in [3.05, 3.63) is 0 Å². The molecule has 1 heterocycles. The van der Waals surface area contributed by atoms with Crippen LogP contribution in [0.3, 0.4) is 0 Å². The van der Waals surface area contributed by atoms with E-state index in [2.05, 4.69) is 29.5 Å². The van der Waals surface area contributed by atoms with Crippen molar-refractivity contribution in [3.63, 3.8) is 0 Å². The second-order valence-corrected chi connectivity index (χ2v) is 6.32. The highest BCUT2D eigenvalue weighted by molar-refractivity contribution is 14.0. The van der Waals surface area contributed by atoms with E-state index >= 15 is 0 Å². The second-order valence-electron chi connectivity index (χ2n) is 6.32. The summed E-state index contributed by atoms with van der Waals surface area (Å²) in [6, 6.07) is 0.441. The smallest absolute Gasteiger partial charge is 0.191 e. The zero-order valence-corrected chi connectivity index (χ0v) is 17.7. The normalized spacial score (nSPS) is 18.9. The highest BCUT2D eigenvalue weighted by Crippen LogP contribution is 2.23. The van der Waals surface area contributed by atoms with Gasteiger partial charge in [-0.25, -0.2) is 0 Å². The molecule has 1 unspecified atom stereocenters. The number of rotatable bonds is 9. The number of hydrogen-bond donors (Lipinski definition) is 2. The Morgan fingerprint density at radius 3 is 2.52 bits per heavy atom. The first-order valence-electron chi connectivity index (χ1n) is 8.76. The summed E-state index contributed by atoms with van der Waals surface area (Å²) < 4.78 is 11.2. The van der Waals surface area contributed by atoms with Crippen LogP contribution in [0.5, 0.6) is 0 Å². The van der Waals surface area contributed by atoms with Gasteiger partial charge >= 0.3 is 0 Å². The van der Waals surface area contributed by atoms with Crippen LogP contribution in [-0.4, -0.2) is 51.5 Å². The van der Waals surface area contributed by atoms with Crippen LogP contribution in [0.25, 0.3) is 0 Å². The Morgan fingerprint density at radius 2 is 1.96 bits per heavy atom. The highest BCUT2D eigenvalue weighted by Gasteiger charge is 2.32. The number of halogens is 1. The molecule has 0 bridgehead atoms. The molecule has 1 saturated heterocycles. The van der Waals surface area contributed by atoms with Crippen molar-refractivity contribution in [2.75, 3.05) is 33.9 Å². The first-order chi connectivity index (χ1) is 10.7. The summed E-state index contributed by atoms with van der Waals surface area (Å²) in [5.74, 6) is 0.867. The molecule has 1 rings (SSSR count). The minimum absolute atomic E-state index is 0. The van der Waals surface area contributed by atoms with Crippen molar-refractivity contribution in [2.24, 2.45) is 4.99 Å². The molecule has 23 heavy (non-hydrogen) atoms. The summed E-state index contributed by atoms with van der Waals surface area (Å²) in [7, 11) is 3.61. The van der Waals surface area contributed by atoms with E-state index in [-0.39, 0.29) is 29.6 Å². The van der Waals surface area contributed by atoms with E-state index in [9.17, 15) is 0 Å². The van der Waals surface area contributed by atoms with Crippen LogP contribution in [-0.2, 0) is 9.47 Å². The van der Waals surface area contributed by atoms with Gasteiger partial charge in [0.1, 0.15) is 0 Å². The molecule has 1 aliphatic heterocycles. The number of nitrogens with zero attached hydrogens (tertiary/aromatic N) is 1. The van der Waals surface area contributed by atoms with Gasteiger partial charge in [-0.1, -0.05) is 32.6 Å². The molecule has 0 aromatic carbocycles. The van der Waals surface area contributed by atoms with Gasteiger partial charge in [-0.15, -0.1) is 24.0 Å². The second kappa shape index (κ2) is 13.2. The van der Waals surface area contributed by atoms with Crippen LogP contribution in [0.1, 0.15) is 58.8 Å². The summed E-state index contributed by atoms with van der Waals surface area (Å²) in [5, 5.41) is 6.90. The van der Waals surface area contributed by atoms with E-state index in [0.717, 1.165) is 38.6 Å². The molecular weight excluding hydrogens is 405 g/mol. The van der Waals surface area contributed by atoms with Crippen molar-refractivity contribution in [3.8, 4) is 0 Å². The predicted octanol–water partition coefficient (Wildman–Crippen LogP) is 3.32. The summed E-state index contributed by atoms with van der Waals surface area (Å²) in [6.07, 6.45) is 8.26. The van der Waals surface area contributed by atoms with E-state index < -0.39 is 0 Å². The molecule has 2 N–H and O–H groups in total. The van der Waals surface area contributed by atoms with Crippen LogP contribution >= 0.6 is 24.0 Å². The van der Waals surface area contributed by atoms with Crippen LogP contribution in [0.2, 0.25) is 0 Å². The zero-order chi connectivity index (χ0) is 16.3. The molecule has 138 valence electrons. The molecule has 1 fully saturated rings. The number of hydrogen-bond acceptors (Lipinski definition) is 3. The molecule has 1 atom stereocenters. The van der Waals surface area contributed by atoms with E-state index in [1.165, 1.54) is 32.1 Å². The van der Waals surface area contributed by atoms with Gasteiger partial charge in [-0.05, 0) is 13.3 Å². The molecule has 0 aromatic heterocycles. The van der Waals surface area contributed by atoms with Gasteiger partial charge in [0, 0.05) is 52.8 Å². The van der Waals surface area contributed by atoms with E-state index in [0.29, 0.717) is 6.04 Å². The van der Waals surface area contributed by atoms with Gasteiger partial charge in [-0.3, -0.25) is 4.99 Å². The Bertz CT molecular complexity index is 321. The average molecular weight is 441 g/mol. The predicted molar refractivity (Wildman–Crippen MR) is 108 cm³/mol. The largest absolute Gasteiger partial charge is 0.381 e. The molecule has 5 nitrogen and oxygen atoms in total. The van der Waals surface area contributed by atoms with Crippen LogP contribution < -0.4 is 10.6 Å². The maximum absolute atomic E-state index is 5.75. The standard InChI is InChI=1S/C17H35N3O2.HI/c1-5-6-7-8-9-15(2)20-16(18-3)19-14-17(21-4)10-12-22-13-11-17;/h15H,5-14H2,1-4H3,(H2,18,19,20);1H. The Morgan fingerprint density at radius 1 is 1.26 bits per heavy atom. The third kappa shape index (κ3) is 9.10. The lowest BCUT2D eigenvalue weighted by Gasteiger charge is -2.36. The summed E-state index contributed by atoms with van der Waals surface area (Å²) in [4.78, 5) is 4.33. The lowest BCUT2D eigenvalue weighted by atomic mass is 9.94. The van der Waals surface area contributed by atoms with Gasteiger partial charge in [0.2, 0.25) is 0 Å². The molecule has 0 aromatic rings. The molecule has 0 spiro atoms. The highest BCUT2D eigenvalue weighted by atomic mass is 127. The maximum atomic E-state index is 5.75. The Kier molecular flexibility index (Phi) is 13.2. The van der Waals surface area contributed by atoms with Crippen LogP contribution in [0, 0.1) is 0 Å². The molecule has 1 aliphatic rings. The monoisotopic (exact) mass is 441 g/mol. The van der Waals surface area contributed by atoms with Crippen molar-refractivity contribution >= 4 is 29.9 Å². The molecule has 0 aliphatic carbocycles. The first-order valence-corrected chi connectivity index (χ1v) is 8.76. The number of unbranched alkanes of at least 4 members (excludes halogenated alkanes) is 3. The summed E-state index contributed by atoms with van der Waals surface area (Å²) >= 11 is 0. The van der Waals surface area contributed by atoms with Gasteiger partial charge in [-0.2, -0.15) is 0 Å². The summed E-state index contributed by atoms with van der Waals surface area (Å²) in [6.45, 7) is 6.79. The SMILES string of the molecule is CCCCCCC(C)NC(=NC)NCC1(OC)CCOCC1.I. The van der Waals surface area contributed by atoms with Gasteiger partial charge in [0.15, 0.2) is 5.96 Å². The Hall–Kier alpha value is -0.0800. The molecule has 0 saturated carbocycles. The number of aliphatic imine (C=N–C) groups is 1. The van der Waals surface area contributed by atoms with Crippen LogP contribution in [0.15, 0.2) is 4.99 Å². The number of guanidine groups is 1. The molecular formula is C17H36IN3O2. The lowest BCUT2D eigenvalue weighted by molar-refractivity contribution is -0.0855. The van der Waals surface area contributed by atoms with Crippen molar-refractivity contribution < 1.29 is 9.47 Å². The fourth-order valence-corrected chi connectivity index (χ4v) is 2.82. The van der Waals surface area contributed by atoms with Crippen LogP contribution in [0.4, 0.5) is 0 Å². The number of nitrogens with one attached hydrogen (secondary N) is 2. The van der Waals surface area contributed by atoms with Gasteiger partial charge in [0.25, 0.3) is 0 Å². The Labute approximate surface area is 159 Å². The minimum Gasteiger partial charge on any atom is -0.381 e. The van der Waals surface area contributed by atoms with E-state index in [1.54, 1.807) is 7.11 Å².